The molecule has 0 aliphatic carbocycles. The molecule has 2 N–H and O–H groups in total. The van der Waals surface area contributed by atoms with E-state index in [0.29, 0.717) is 11.6 Å². The summed E-state index contributed by atoms with van der Waals surface area (Å²) in [6.07, 6.45) is 2.05. The summed E-state index contributed by atoms with van der Waals surface area (Å²) < 4.78 is 18.3. The molecule has 1 aromatic carbocycles. The monoisotopic (exact) mass is 280 g/mol. The number of ether oxygens (including phenoxy) is 1. The molecule has 1 aliphatic heterocycles. The van der Waals surface area contributed by atoms with E-state index in [1.165, 1.54) is 12.1 Å². The molecule has 5 heteroatoms. The molecular weight excluding hydrogens is 259 g/mol. The van der Waals surface area contributed by atoms with Crippen LogP contribution in [0.5, 0.6) is 0 Å². The molecule has 1 fully saturated rings. The van der Waals surface area contributed by atoms with Gasteiger partial charge in [-0.15, -0.1) is 0 Å². The van der Waals surface area contributed by atoms with Gasteiger partial charge in [-0.1, -0.05) is 6.07 Å². The summed E-state index contributed by atoms with van der Waals surface area (Å²) in [6, 6.07) is 6.17. The first-order chi connectivity index (χ1) is 9.65. The molecule has 0 aromatic heterocycles. The lowest BCUT2D eigenvalue weighted by atomic mass is 9.93. The summed E-state index contributed by atoms with van der Waals surface area (Å²) in [7, 11) is 0. The fraction of sp³-hybridized carbons (Fsp3) is 0.533. The molecular formula is C15H21FN2O2. The van der Waals surface area contributed by atoms with Gasteiger partial charge in [0, 0.05) is 24.9 Å². The summed E-state index contributed by atoms with van der Waals surface area (Å²) in [5.41, 5.74) is 0.482. The van der Waals surface area contributed by atoms with Crippen molar-refractivity contribution in [2.24, 2.45) is 5.92 Å². The third kappa shape index (κ3) is 4.58. The number of hydrogen-bond acceptors (Lipinski definition) is 3. The van der Waals surface area contributed by atoms with Crippen LogP contribution in [0.15, 0.2) is 24.3 Å². The van der Waals surface area contributed by atoms with E-state index in [1.54, 1.807) is 12.1 Å². The maximum Gasteiger partial charge on any atom is 0.238 e. The van der Waals surface area contributed by atoms with Crippen LogP contribution in [0.25, 0.3) is 0 Å². The zero-order chi connectivity index (χ0) is 14.4. The highest BCUT2D eigenvalue weighted by Gasteiger charge is 2.20. The molecule has 20 heavy (non-hydrogen) atoms. The minimum absolute atomic E-state index is 0.158. The van der Waals surface area contributed by atoms with Crippen LogP contribution in [0.3, 0.4) is 0 Å². The number of carbonyl (C=O) groups excluding carboxylic acids is 1. The molecule has 1 unspecified atom stereocenters. The van der Waals surface area contributed by atoms with Gasteiger partial charge in [0.25, 0.3) is 0 Å². The quantitative estimate of drug-likeness (QED) is 0.869. The minimum Gasteiger partial charge on any atom is -0.381 e. The highest BCUT2D eigenvalue weighted by Crippen LogP contribution is 2.18. The molecule has 1 heterocycles. The Kier molecular flexibility index (Phi) is 5.49. The number of nitrogens with one attached hydrogen (secondary N) is 2. The lowest BCUT2D eigenvalue weighted by Crippen LogP contribution is -2.40. The molecule has 0 bridgehead atoms. The van der Waals surface area contributed by atoms with Crippen molar-refractivity contribution in [2.75, 3.05) is 25.1 Å². The maximum absolute atomic E-state index is 13.0. The van der Waals surface area contributed by atoms with Crippen molar-refractivity contribution in [3.63, 3.8) is 0 Å². The lowest BCUT2D eigenvalue weighted by Gasteiger charge is -2.28. The number of halogens is 1. The third-order valence-corrected chi connectivity index (χ3v) is 3.67. The number of benzene rings is 1. The van der Waals surface area contributed by atoms with Crippen molar-refractivity contribution in [3.05, 3.63) is 30.1 Å². The van der Waals surface area contributed by atoms with E-state index in [-0.39, 0.29) is 24.3 Å². The van der Waals surface area contributed by atoms with E-state index in [0.717, 1.165) is 26.1 Å². The molecule has 110 valence electrons. The number of hydrogen-bond donors (Lipinski definition) is 2. The molecule has 4 nitrogen and oxygen atoms in total. The Morgan fingerprint density at radius 3 is 2.90 bits per heavy atom. The summed E-state index contributed by atoms with van der Waals surface area (Å²) in [5, 5.41) is 5.90. The predicted molar refractivity (Wildman–Crippen MR) is 76.0 cm³/mol. The Balaban J connectivity index is 1.74. The van der Waals surface area contributed by atoms with E-state index in [2.05, 4.69) is 17.6 Å². The first-order valence-electron chi connectivity index (χ1n) is 7.01. The van der Waals surface area contributed by atoms with Gasteiger partial charge in [0.2, 0.25) is 5.91 Å². The van der Waals surface area contributed by atoms with Crippen LogP contribution in [0.2, 0.25) is 0 Å². The summed E-state index contributed by atoms with van der Waals surface area (Å²) >= 11 is 0. The fourth-order valence-corrected chi connectivity index (χ4v) is 2.41. The fourth-order valence-electron chi connectivity index (χ4n) is 2.41. The van der Waals surface area contributed by atoms with E-state index in [9.17, 15) is 9.18 Å². The summed E-state index contributed by atoms with van der Waals surface area (Å²) in [6.45, 7) is 3.92. The van der Waals surface area contributed by atoms with Crippen LogP contribution in [-0.2, 0) is 9.53 Å². The molecule has 1 aliphatic rings. The number of amides is 1. The maximum atomic E-state index is 13.0. The standard InChI is InChI=1S/C15H21FN2O2/c1-11(12-5-7-20-8-6-12)17-10-15(19)18-14-4-2-3-13(16)9-14/h2-4,9,11-12,17H,5-8,10H2,1H3,(H,18,19). The second-order valence-corrected chi connectivity index (χ2v) is 5.18. The largest absolute Gasteiger partial charge is 0.381 e. The van der Waals surface area contributed by atoms with Crippen molar-refractivity contribution in [1.82, 2.24) is 5.32 Å². The Morgan fingerprint density at radius 1 is 1.45 bits per heavy atom. The molecule has 1 atom stereocenters. The Hall–Kier alpha value is -1.46. The van der Waals surface area contributed by atoms with Gasteiger partial charge >= 0.3 is 0 Å². The second kappa shape index (κ2) is 7.36. The molecule has 0 spiro atoms. The van der Waals surface area contributed by atoms with Gasteiger partial charge in [-0.2, -0.15) is 0 Å². The van der Waals surface area contributed by atoms with Gasteiger partial charge in [-0.3, -0.25) is 4.79 Å². The minimum atomic E-state index is -0.355. The van der Waals surface area contributed by atoms with Gasteiger partial charge in [0.1, 0.15) is 5.82 Å². The number of rotatable bonds is 5. The highest BCUT2D eigenvalue weighted by molar-refractivity contribution is 5.92. The summed E-state index contributed by atoms with van der Waals surface area (Å²) in [5.74, 6) is 0.0339. The van der Waals surface area contributed by atoms with Crippen molar-refractivity contribution in [3.8, 4) is 0 Å². The average Bonchev–Trinajstić information content (AvgIpc) is 2.46. The van der Waals surface area contributed by atoms with E-state index in [1.807, 2.05) is 0 Å². The molecule has 1 saturated heterocycles. The van der Waals surface area contributed by atoms with Crippen LogP contribution < -0.4 is 10.6 Å². The van der Waals surface area contributed by atoms with Gasteiger partial charge in [-0.25, -0.2) is 4.39 Å². The van der Waals surface area contributed by atoms with Crippen molar-refractivity contribution < 1.29 is 13.9 Å². The van der Waals surface area contributed by atoms with Crippen molar-refractivity contribution in [2.45, 2.75) is 25.8 Å². The topological polar surface area (TPSA) is 50.4 Å². The van der Waals surface area contributed by atoms with Gasteiger partial charge in [-0.05, 0) is 43.9 Å². The number of carbonyl (C=O) groups is 1. The first-order valence-corrected chi connectivity index (χ1v) is 7.01. The zero-order valence-corrected chi connectivity index (χ0v) is 11.7. The van der Waals surface area contributed by atoms with Crippen LogP contribution in [0.4, 0.5) is 10.1 Å². The lowest BCUT2D eigenvalue weighted by molar-refractivity contribution is -0.115. The Labute approximate surface area is 118 Å². The van der Waals surface area contributed by atoms with E-state index >= 15 is 0 Å². The second-order valence-electron chi connectivity index (χ2n) is 5.18. The molecule has 0 radical (unpaired) electrons. The van der Waals surface area contributed by atoms with Crippen LogP contribution in [-0.4, -0.2) is 31.7 Å². The van der Waals surface area contributed by atoms with Crippen LogP contribution in [0.1, 0.15) is 19.8 Å². The third-order valence-electron chi connectivity index (χ3n) is 3.67. The first kappa shape index (κ1) is 14.9. The molecule has 2 rings (SSSR count). The molecule has 1 amide bonds. The highest BCUT2D eigenvalue weighted by atomic mass is 19.1. The zero-order valence-electron chi connectivity index (χ0n) is 11.7. The Bertz CT molecular complexity index is 447. The predicted octanol–water partition coefficient (Wildman–Crippen LogP) is 2.17. The van der Waals surface area contributed by atoms with Crippen molar-refractivity contribution >= 4 is 11.6 Å². The van der Waals surface area contributed by atoms with Gasteiger partial charge in [0.05, 0.1) is 6.54 Å². The van der Waals surface area contributed by atoms with Crippen LogP contribution >= 0.6 is 0 Å². The number of anilines is 1. The van der Waals surface area contributed by atoms with Crippen LogP contribution in [0, 0.1) is 11.7 Å². The molecule has 1 aromatic rings. The van der Waals surface area contributed by atoms with E-state index in [4.69, 9.17) is 4.74 Å². The van der Waals surface area contributed by atoms with Crippen molar-refractivity contribution in [1.29, 1.82) is 0 Å². The normalized spacial score (nSPS) is 17.7. The molecule has 0 saturated carbocycles. The van der Waals surface area contributed by atoms with E-state index < -0.39 is 0 Å². The van der Waals surface area contributed by atoms with Gasteiger partial charge in [0.15, 0.2) is 0 Å². The Morgan fingerprint density at radius 2 is 2.20 bits per heavy atom. The average molecular weight is 280 g/mol. The van der Waals surface area contributed by atoms with Gasteiger partial charge < -0.3 is 15.4 Å². The SMILES string of the molecule is CC(NCC(=O)Nc1cccc(F)c1)C1CCOCC1. The summed E-state index contributed by atoms with van der Waals surface area (Å²) in [4.78, 5) is 11.8. The smallest absolute Gasteiger partial charge is 0.238 e.